The molecule has 9 heteroatoms. The molecule has 2 heterocycles. The van der Waals surface area contributed by atoms with E-state index in [0.717, 1.165) is 18.4 Å². The van der Waals surface area contributed by atoms with Gasteiger partial charge in [0.25, 0.3) is 0 Å². The zero-order chi connectivity index (χ0) is 28.7. The minimum Gasteiger partial charge on any atom is -0.354 e. The van der Waals surface area contributed by atoms with Gasteiger partial charge in [-0.15, -0.1) is 0 Å². The molecule has 0 saturated carbocycles. The largest absolute Gasteiger partial charge is 0.354 e. The van der Waals surface area contributed by atoms with Crippen molar-refractivity contribution in [1.29, 1.82) is 0 Å². The van der Waals surface area contributed by atoms with Crippen molar-refractivity contribution in [3.8, 4) is 0 Å². The van der Waals surface area contributed by atoms with Gasteiger partial charge in [-0.3, -0.25) is 9.59 Å². The number of nitrogens with one attached hydrogen (secondary N) is 3. The summed E-state index contributed by atoms with van der Waals surface area (Å²) < 4.78 is 30.7. The van der Waals surface area contributed by atoms with Gasteiger partial charge >= 0.3 is 0 Å². The Morgan fingerprint density at radius 2 is 1.87 bits per heavy atom. The van der Waals surface area contributed by atoms with Gasteiger partial charge < -0.3 is 16.0 Å². The second-order valence-electron chi connectivity index (χ2n) is 11.8. The molecule has 0 radical (unpaired) electrons. The molecule has 3 N–H and O–H groups in total. The van der Waals surface area contributed by atoms with E-state index in [0.29, 0.717) is 30.6 Å². The Kier molecular flexibility index (Phi) is 8.46. The maximum Gasteiger partial charge on any atom is 0.237 e. The highest BCUT2D eigenvalue weighted by Crippen LogP contribution is 2.57. The first kappa shape index (κ1) is 29.5. The highest BCUT2D eigenvalue weighted by atomic mass is 35.5. The molecule has 4 atom stereocenters. The van der Waals surface area contributed by atoms with Gasteiger partial charge in [0.2, 0.25) is 11.8 Å². The van der Waals surface area contributed by atoms with E-state index in [9.17, 15) is 14.0 Å². The van der Waals surface area contributed by atoms with E-state index in [1.54, 1.807) is 6.07 Å². The Balaban J connectivity index is 1.89. The Hall–Kier alpha value is -2.48. The standard InChI is InChI=1S/C30H35Cl2F2N3O2/c1-6-8-16(2)11-12-35-27(38)26-24(17-9-7-10-19(31)25(17)34)30(23(37-26)15-29(3,4)5)18-13-21(33)20(32)14-22(18)36-28(30)39/h7,9-10,13-14,23-24,26,37H,2,6,8,11-12,15H2,1,3-5H3,(H,35,38)(H,36,39)/t23-,24+,26-,30+/m1/s1. The van der Waals surface area contributed by atoms with Crippen LogP contribution in [0.25, 0.3) is 0 Å². The van der Waals surface area contributed by atoms with Crippen molar-refractivity contribution in [3.63, 3.8) is 0 Å². The zero-order valence-corrected chi connectivity index (χ0v) is 24.2. The van der Waals surface area contributed by atoms with Crippen LogP contribution in [0.1, 0.15) is 70.4 Å². The van der Waals surface area contributed by atoms with Gasteiger partial charge in [0, 0.05) is 24.2 Å². The van der Waals surface area contributed by atoms with Crippen molar-refractivity contribution in [2.24, 2.45) is 5.41 Å². The topological polar surface area (TPSA) is 70.2 Å². The molecule has 0 bridgehead atoms. The summed E-state index contributed by atoms with van der Waals surface area (Å²) in [6, 6.07) is 5.51. The predicted molar refractivity (Wildman–Crippen MR) is 152 cm³/mol. The van der Waals surface area contributed by atoms with Crippen LogP contribution in [-0.4, -0.2) is 30.4 Å². The lowest BCUT2D eigenvalue weighted by Gasteiger charge is -2.37. The molecule has 2 aromatic rings. The lowest BCUT2D eigenvalue weighted by molar-refractivity contribution is -0.123. The first-order valence-electron chi connectivity index (χ1n) is 13.3. The molecule has 1 fully saturated rings. The maximum atomic E-state index is 15.8. The average Bonchev–Trinajstić information content (AvgIpc) is 3.30. The van der Waals surface area contributed by atoms with Crippen LogP contribution in [0.4, 0.5) is 14.5 Å². The van der Waals surface area contributed by atoms with Gasteiger partial charge in [0.1, 0.15) is 17.0 Å². The van der Waals surface area contributed by atoms with Crippen molar-refractivity contribution < 1.29 is 18.4 Å². The molecule has 0 aromatic heterocycles. The number of anilines is 1. The first-order valence-corrected chi connectivity index (χ1v) is 14.0. The van der Waals surface area contributed by atoms with E-state index in [4.69, 9.17) is 23.2 Å². The molecule has 0 unspecified atom stereocenters. The quantitative estimate of drug-likeness (QED) is 0.299. The maximum absolute atomic E-state index is 15.8. The lowest BCUT2D eigenvalue weighted by atomic mass is 9.62. The summed E-state index contributed by atoms with van der Waals surface area (Å²) in [5.41, 5.74) is 0.0179. The van der Waals surface area contributed by atoms with E-state index in [2.05, 4.69) is 29.5 Å². The summed E-state index contributed by atoms with van der Waals surface area (Å²) in [7, 11) is 0. The minimum absolute atomic E-state index is 0.111. The fourth-order valence-electron chi connectivity index (χ4n) is 6.12. The van der Waals surface area contributed by atoms with E-state index < -0.39 is 41.0 Å². The summed E-state index contributed by atoms with van der Waals surface area (Å²) in [5.74, 6) is -3.27. The normalized spacial score (nSPS) is 24.1. The molecule has 39 heavy (non-hydrogen) atoms. The second kappa shape index (κ2) is 11.2. The van der Waals surface area contributed by atoms with E-state index in [1.807, 2.05) is 20.8 Å². The summed E-state index contributed by atoms with van der Waals surface area (Å²) >= 11 is 12.3. The fourth-order valence-corrected chi connectivity index (χ4v) is 6.46. The molecule has 1 spiro atoms. The number of carbonyl (C=O) groups excluding carboxylic acids is 2. The van der Waals surface area contributed by atoms with Crippen molar-refractivity contribution in [1.82, 2.24) is 10.6 Å². The fraction of sp³-hybridized carbons (Fsp3) is 0.467. The van der Waals surface area contributed by atoms with E-state index in [-0.39, 0.29) is 26.9 Å². The van der Waals surface area contributed by atoms with Crippen molar-refractivity contribution >= 4 is 40.7 Å². The Labute approximate surface area is 238 Å². The molecule has 2 aromatic carbocycles. The van der Waals surface area contributed by atoms with Crippen LogP contribution in [0.3, 0.4) is 0 Å². The number of fused-ring (bicyclic) bond motifs is 2. The van der Waals surface area contributed by atoms with Gasteiger partial charge in [0.05, 0.1) is 16.1 Å². The van der Waals surface area contributed by atoms with Crippen LogP contribution in [0, 0.1) is 17.0 Å². The monoisotopic (exact) mass is 577 g/mol. The Morgan fingerprint density at radius 1 is 1.15 bits per heavy atom. The predicted octanol–water partition coefficient (Wildman–Crippen LogP) is 6.88. The number of benzene rings is 2. The van der Waals surface area contributed by atoms with Crippen LogP contribution in [0.5, 0.6) is 0 Å². The van der Waals surface area contributed by atoms with Crippen molar-refractivity contribution in [3.05, 3.63) is 75.3 Å². The molecular weight excluding hydrogens is 543 g/mol. The highest BCUT2D eigenvalue weighted by Gasteiger charge is 2.66. The number of carbonyl (C=O) groups is 2. The number of halogens is 4. The SMILES string of the molecule is C=C(CCC)CCNC(=O)[C@@H]1N[C@H](CC(C)(C)C)[C@]2(C(=O)Nc3cc(Cl)c(F)cc32)[C@H]1c1cccc(Cl)c1F. The Morgan fingerprint density at radius 3 is 2.54 bits per heavy atom. The van der Waals surface area contributed by atoms with E-state index >= 15 is 4.39 Å². The molecule has 4 rings (SSSR count). The van der Waals surface area contributed by atoms with Gasteiger partial charge in [-0.25, -0.2) is 8.78 Å². The third-order valence-electron chi connectivity index (χ3n) is 7.68. The zero-order valence-electron chi connectivity index (χ0n) is 22.7. The van der Waals surface area contributed by atoms with Crippen LogP contribution in [0.15, 0.2) is 42.5 Å². The van der Waals surface area contributed by atoms with Gasteiger partial charge in [-0.2, -0.15) is 0 Å². The van der Waals surface area contributed by atoms with Gasteiger partial charge in [-0.1, -0.05) is 81.6 Å². The smallest absolute Gasteiger partial charge is 0.237 e. The summed E-state index contributed by atoms with van der Waals surface area (Å²) in [5, 5.41) is 8.92. The number of hydrogen-bond donors (Lipinski definition) is 3. The van der Waals surface area contributed by atoms with Crippen LogP contribution in [-0.2, 0) is 15.0 Å². The molecule has 210 valence electrons. The third-order valence-corrected chi connectivity index (χ3v) is 8.26. The lowest BCUT2D eigenvalue weighted by Crippen LogP contribution is -2.49. The van der Waals surface area contributed by atoms with Crippen molar-refractivity contribution in [2.75, 3.05) is 11.9 Å². The highest BCUT2D eigenvalue weighted by molar-refractivity contribution is 6.31. The van der Waals surface area contributed by atoms with Crippen LogP contribution < -0.4 is 16.0 Å². The number of amides is 2. The van der Waals surface area contributed by atoms with Gasteiger partial charge in [-0.05, 0) is 54.0 Å². The number of hydrogen-bond acceptors (Lipinski definition) is 3. The van der Waals surface area contributed by atoms with Crippen LogP contribution in [0.2, 0.25) is 10.0 Å². The van der Waals surface area contributed by atoms with Crippen LogP contribution >= 0.6 is 23.2 Å². The number of rotatable bonds is 8. The van der Waals surface area contributed by atoms with E-state index in [1.165, 1.54) is 24.3 Å². The van der Waals surface area contributed by atoms with Gasteiger partial charge in [0.15, 0.2) is 0 Å². The molecule has 5 nitrogen and oxygen atoms in total. The molecule has 0 aliphatic carbocycles. The molecule has 2 amide bonds. The molecule has 2 aliphatic heterocycles. The first-order chi connectivity index (χ1) is 18.3. The van der Waals surface area contributed by atoms with Crippen molar-refractivity contribution in [2.45, 2.75) is 76.8 Å². The molecular formula is C30H35Cl2F2N3O2. The third kappa shape index (κ3) is 5.46. The Bertz CT molecular complexity index is 1310. The molecule has 2 aliphatic rings. The summed E-state index contributed by atoms with van der Waals surface area (Å²) in [6.07, 6.45) is 2.86. The minimum atomic E-state index is -1.51. The average molecular weight is 579 g/mol. The second-order valence-corrected chi connectivity index (χ2v) is 12.6. The molecule has 1 saturated heterocycles. The summed E-state index contributed by atoms with van der Waals surface area (Å²) in [4.78, 5) is 27.9. The summed E-state index contributed by atoms with van der Waals surface area (Å²) in [6.45, 7) is 12.5.